The summed E-state index contributed by atoms with van der Waals surface area (Å²) >= 11 is 0. The Morgan fingerprint density at radius 1 is 1.46 bits per heavy atom. The van der Waals surface area contributed by atoms with Crippen LogP contribution in [-0.2, 0) is 4.74 Å². The molecule has 2 fully saturated rings. The second-order valence-electron chi connectivity index (χ2n) is 5.05. The SMILES string of the molecule is CO[C@H]1CCN(CC2(C)CCC2)C1. The Hall–Kier alpha value is -0.0800. The summed E-state index contributed by atoms with van der Waals surface area (Å²) in [5, 5.41) is 0. The third-order valence-corrected chi connectivity index (χ3v) is 3.73. The molecule has 1 aliphatic heterocycles. The maximum absolute atomic E-state index is 5.37. The number of likely N-dealkylation sites (tertiary alicyclic amines) is 1. The van der Waals surface area contributed by atoms with E-state index in [0.717, 1.165) is 6.54 Å². The predicted molar refractivity (Wildman–Crippen MR) is 53.8 cm³/mol. The van der Waals surface area contributed by atoms with Crippen molar-refractivity contribution in [3.63, 3.8) is 0 Å². The van der Waals surface area contributed by atoms with E-state index in [0.29, 0.717) is 11.5 Å². The maximum atomic E-state index is 5.37. The average molecular weight is 183 g/mol. The van der Waals surface area contributed by atoms with Crippen LogP contribution in [0.2, 0.25) is 0 Å². The summed E-state index contributed by atoms with van der Waals surface area (Å²) in [7, 11) is 1.83. The van der Waals surface area contributed by atoms with Gasteiger partial charge in [-0.1, -0.05) is 13.3 Å². The Morgan fingerprint density at radius 2 is 2.23 bits per heavy atom. The van der Waals surface area contributed by atoms with E-state index in [4.69, 9.17) is 4.74 Å². The van der Waals surface area contributed by atoms with Gasteiger partial charge in [0.15, 0.2) is 0 Å². The first-order valence-electron chi connectivity index (χ1n) is 5.47. The molecule has 2 heteroatoms. The van der Waals surface area contributed by atoms with Crippen LogP contribution in [0.25, 0.3) is 0 Å². The molecule has 0 aromatic heterocycles. The lowest BCUT2D eigenvalue weighted by molar-refractivity contribution is 0.0743. The zero-order valence-electron chi connectivity index (χ0n) is 8.88. The van der Waals surface area contributed by atoms with Gasteiger partial charge in [0.05, 0.1) is 6.10 Å². The van der Waals surface area contributed by atoms with Gasteiger partial charge in [0, 0.05) is 26.7 Å². The van der Waals surface area contributed by atoms with Crippen LogP contribution in [0, 0.1) is 5.41 Å². The standard InChI is InChI=1S/C11H21NO/c1-11(5-3-6-11)9-12-7-4-10(8-12)13-2/h10H,3-9H2,1-2H3/t10-/m0/s1. The van der Waals surface area contributed by atoms with Crippen LogP contribution in [0.15, 0.2) is 0 Å². The smallest absolute Gasteiger partial charge is 0.0710 e. The van der Waals surface area contributed by atoms with Gasteiger partial charge in [0.1, 0.15) is 0 Å². The van der Waals surface area contributed by atoms with Crippen LogP contribution in [0.1, 0.15) is 32.6 Å². The fraction of sp³-hybridized carbons (Fsp3) is 1.00. The molecule has 1 heterocycles. The van der Waals surface area contributed by atoms with E-state index in [2.05, 4.69) is 11.8 Å². The van der Waals surface area contributed by atoms with Crippen molar-refractivity contribution in [2.75, 3.05) is 26.7 Å². The predicted octanol–water partition coefficient (Wildman–Crippen LogP) is 1.90. The van der Waals surface area contributed by atoms with Gasteiger partial charge in [-0.15, -0.1) is 0 Å². The number of ether oxygens (including phenoxy) is 1. The maximum Gasteiger partial charge on any atom is 0.0710 e. The Labute approximate surface area is 81.3 Å². The van der Waals surface area contributed by atoms with Crippen molar-refractivity contribution in [3.05, 3.63) is 0 Å². The molecule has 1 saturated carbocycles. The van der Waals surface area contributed by atoms with Gasteiger partial charge >= 0.3 is 0 Å². The van der Waals surface area contributed by atoms with Crippen molar-refractivity contribution in [2.45, 2.75) is 38.7 Å². The van der Waals surface area contributed by atoms with Crippen LogP contribution in [0.4, 0.5) is 0 Å². The van der Waals surface area contributed by atoms with E-state index in [1.165, 1.54) is 38.8 Å². The normalized spacial score (nSPS) is 33.2. The summed E-state index contributed by atoms with van der Waals surface area (Å²) in [5.41, 5.74) is 0.641. The molecule has 0 aromatic carbocycles. The minimum Gasteiger partial charge on any atom is -0.380 e. The molecule has 2 aliphatic rings. The molecule has 2 nitrogen and oxygen atoms in total. The molecule has 0 unspecified atom stereocenters. The highest BCUT2D eigenvalue weighted by Crippen LogP contribution is 2.41. The highest BCUT2D eigenvalue weighted by Gasteiger charge is 2.35. The van der Waals surface area contributed by atoms with E-state index in [1.54, 1.807) is 0 Å². The molecule has 0 N–H and O–H groups in total. The summed E-state index contributed by atoms with van der Waals surface area (Å²) < 4.78 is 5.37. The van der Waals surface area contributed by atoms with Crippen LogP contribution in [0.5, 0.6) is 0 Å². The van der Waals surface area contributed by atoms with Crippen molar-refractivity contribution >= 4 is 0 Å². The highest BCUT2D eigenvalue weighted by molar-refractivity contribution is 4.88. The first-order valence-corrected chi connectivity index (χ1v) is 5.47. The van der Waals surface area contributed by atoms with Crippen LogP contribution >= 0.6 is 0 Å². The summed E-state index contributed by atoms with van der Waals surface area (Å²) in [6.45, 7) is 6.13. The van der Waals surface area contributed by atoms with Gasteiger partial charge in [0.2, 0.25) is 0 Å². The molecule has 1 atom stereocenters. The van der Waals surface area contributed by atoms with E-state index < -0.39 is 0 Å². The lowest BCUT2D eigenvalue weighted by atomic mass is 9.70. The second kappa shape index (κ2) is 3.58. The first kappa shape index (κ1) is 9.47. The van der Waals surface area contributed by atoms with Gasteiger partial charge in [-0.3, -0.25) is 0 Å². The summed E-state index contributed by atoms with van der Waals surface area (Å²) in [6.07, 6.45) is 6.04. The molecular weight excluding hydrogens is 162 g/mol. The van der Waals surface area contributed by atoms with Gasteiger partial charge in [-0.2, -0.15) is 0 Å². The summed E-state index contributed by atoms with van der Waals surface area (Å²) in [5.74, 6) is 0. The van der Waals surface area contributed by atoms with Crippen molar-refractivity contribution in [1.82, 2.24) is 4.90 Å². The van der Waals surface area contributed by atoms with Gasteiger partial charge in [-0.05, 0) is 24.7 Å². The van der Waals surface area contributed by atoms with E-state index in [9.17, 15) is 0 Å². The number of methoxy groups -OCH3 is 1. The zero-order chi connectivity index (χ0) is 9.31. The lowest BCUT2D eigenvalue weighted by Gasteiger charge is -2.41. The van der Waals surface area contributed by atoms with E-state index in [-0.39, 0.29) is 0 Å². The zero-order valence-corrected chi connectivity index (χ0v) is 8.88. The molecule has 13 heavy (non-hydrogen) atoms. The fourth-order valence-corrected chi connectivity index (χ4v) is 2.61. The molecule has 0 bridgehead atoms. The number of hydrogen-bond acceptors (Lipinski definition) is 2. The van der Waals surface area contributed by atoms with Gasteiger partial charge in [0.25, 0.3) is 0 Å². The number of nitrogens with zero attached hydrogens (tertiary/aromatic N) is 1. The largest absolute Gasteiger partial charge is 0.380 e. The van der Waals surface area contributed by atoms with E-state index in [1.807, 2.05) is 7.11 Å². The lowest BCUT2D eigenvalue weighted by Crippen LogP contribution is -2.39. The molecule has 1 aliphatic carbocycles. The number of hydrogen-bond donors (Lipinski definition) is 0. The summed E-state index contributed by atoms with van der Waals surface area (Å²) in [6, 6.07) is 0. The van der Waals surface area contributed by atoms with Crippen molar-refractivity contribution in [3.8, 4) is 0 Å². The fourth-order valence-electron chi connectivity index (χ4n) is 2.61. The average Bonchev–Trinajstić information content (AvgIpc) is 2.49. The van der Waals surface area contributed by atoms with Gasteiger partial charge in [-0.25, -0.2) is 0 Å². The topological polar surface area (TPSA) is 12.5 Å². The molecule has 76 valence electrons. The second-order valence-corrected chi connectivity index (χ2v) is 5.05. The molecule has 0 radical (unpaired) electrons. The molecular formula is C11H21NO. The Morgan fingerprint density at radius 3 is 2.69 bits per heavy atom. The van der Waals surface area contributed by atoms with Crippen LogP contribution < -0.4 is 0 Å². The van der Waals surface area contributed by atoms with Crippen molar-refractivity contribution in [1.29, 1.82) is 0 Å². The number of rotatable bonds is 3. The van der Waals surface area contributed by atoms with E-state index >= 15 is 0 Å². The Kier molecular flexibility index (Phi) is 2.61. The first-order chi connectivity index (χ1) is 6.22. The minimum absolute atomic E-state index is 0.503. The molecule has 0 aromatic rings. The van der Waals surface area contributed by atoms with Crippen molar-refractivity contribution in [2.24, 2.45) is 5.41 Å². The Bertz CT molecular complexity index is 177. The Balaban J connectivity index is 1.77. The molecule has 0 amide bonds. The minimum atomic E-state index is 0.503. The van der Waals surface area contributed by atoms with Crippen LogP contribution in [0.3, 0.4) is 0 Å². The highest BCUT2D eigenvalue weighted by atomic mass is 16.5. The van der Waals surface area contributed by atoms with Gasteiger partial charge < -0.3 is 9.64 Å². The molecule has 2 rings (SSSR count). The monoisotopic (exact) mass is 183 g/mol. The quantitative estimate of drug-likeness (QED) is 0.662. The van der Waals surface area contributed by atoms with Crippen molar-refractivity contribution < 1.29 is 4.74 Å². The summed E-state index contributed by atoms with van der Waals surface area (Å²) in [4.78, 5) is 2.58. The molecule has 0 spiro atoms. The third-order valence-electron chi connectivity index (χ3n) is 3.73. The third kappa shape index (κ3) is 2.05. The molecule has 1 saturated heterocycles. The van der Waals surface area contributed by atoms with Crippen LogP contribution in [-0.4, -0.2) is 37.7 Å².